The smallest absolute Gasteiger partial charge is 0.340 e. The van der Waals surface area contributed by atoms with Gasteiger partial charge >= 0.3 is 5.97 Å². The maximum atomic E-state index is 11.8. The van der Waals surface area contributed by atoms with Crippen LogP contribution in [0.4, 0.5) is 11.4 Å². The number of ether oxygens (including phenoxy) is 1. The summed E-state index contributed by atoms with van der Waals surface area (Å²) < 4.78 is 4.81. The Bertz CT molecular complexity index is 559. The molecule has 2 fully saturated rings. The van der Waals surface area contributed by atoms with E-state index in [1.165, 1.54) is 33.0 Å². The molecular formula is C16H23N3O2. The van der Waals surface area contributed by atoms with Crippen LogP contribution < -0.4 is 11.1 Å². The lowest BCUT2D eigenvalue weighted by Gasteiger charge is -2.23. The fraction of sp³-hybridized carbons (Fsp3) is 0.562. The molecular weight excluding hydrogens is 266 g/mol. The van der Waals surface area contributed by atoms with Crippen molar-refractivity contribution in [2.24, 2.45) is 0 Å². The van der Waals surface area contributed by atoms with Gasteiger partial charge in [-0.2, -0.15) is 0 Å². The van der Waals surface area contributed by atoms with Gasteiger partial charge in [0.05, 0.1) is 12.7 Å². The molecule has 2 atom stereocenters. The van der Waals surface area contributed by atoms with Crippen LogP contribution in [0.2, 0.25) is 0 Å². The molecule has 0 saturated carbocycles. The number of nitrogens with two attached hydrogens (primary N) is 1. The summed E-state index contributed by atoms with van der Waals surface area (Å²) in [6.45, 7) is 4.31. The topological polar surface area (TPSA) is 67.6 Å². The van der Waals surface area contributed by atoms with E-state index in [0.717, 1.165) is 17.7 Å². The Morgan fingerprint density at radius 3 is 2.95 bits per heavy atom. The Morgan fingerprint density at radius 1 is 1.38 bits per heavy atom. The summed E-state index contributed by atoms with van der Waals surface area (Å²) in [6, 6.07) is 4.91. The summed E-state index contributed by atoms with van der Waals surface area (Å²) in [6.07, 6.45) is 3.70. The number of esters is 1. The molecule has 0 aliphatic carbocycles. The summed E-state index contributed by atoms with van der Waals surface area (Å²) in [5.74, 6) is -0.381. The summed E-state index contributed by atoms with van der Waals surface area (Å²) in [5, 5.41) is 3.59. The molecule has 0 amide bonds. The summed E-state index contributed by atoms with van der Waals surface area (Å²) >= 11 is 0. The van der Waals surface area contributed by atoms with E-state index in [1.807, 2.05) is 19.1 Å². The van der Waals surface area contributed by atoms with E-state index in [9.17, 15) is 4.79 Å². The van der Waals surface area contributed by atoms with Crippen LogP contribution >= 0.6 is 0 Å². The van der Waals surface area contributed by atoms with Gasteiger partial charge in [-0.1, -0.05) is 0 Å². The van der Waals surface area contributed by atoms with Crippen LogP contribution in [0.1, 0.15) is 35.2 Å². The third kappa shape index (κ3) is 2.58. The molecule has 5 nitrogen and oxygen atoms in total. The van der Waals surface area contributed by atoms with Gasteiger partial charge in [0.15, 0.2) is 0 Å². The molecule has 2 aliphatic rings. The van der Waals surface area contributed by atoms with E-state index < -0.39 is 0 Å². The zero-order chi connectivity index (χ0) is 15.0. The van der Waals surface area contributed by atoms with Gasteiger partial charge in [0.1, 0.15) is 0 Å². The largest absolute Gasteiger partial charge is 0.465 e. The van der Waals surface area contributed by atoms with Gasteiger partial charge in [-0.25, -0.2) is 4.79 Å². The molecule has 114 valence electrons. The highest BCUT2D eigenvalue weighted by Gasteiger charge is 2.37. The standard InChI is InChI=1S/C16H23N3O2/c1-10-8-11(9-12(15(10)17)16(20)21-2)18-13-5-7-19-6-3-4-14(13)19/h8-9,13-14,18H,3-7,17H2,1-2H3. The third-order valence-electron chi connectivity index (χ3n) is 4.75. The van der Waals surface area contributed by atoms with Crippen LogP contribution in [0.25, 0.3) is 0 Å². The molecule has 5 heteroatoms. The minimum Gasteiger partial charge on any atom is -0.465 e. The van der Waals surface area contributed by atoms with Crippen molar-refractivity contribution >= 4 is 17.3 Å². The Morgan fingerprint density at radius 2 is 2.19 bits per heavy atom. The molecule has 1 aromatic carbocycles. The first kappa shape index (κ1) is 14.2. The van der Waals surface area contributed by atoms with E-state index in [1.54, 1.807) is 0 Å². The Balaban J connectivity index is 1.82. The van der Waals surface area contributed by atoms with Crippen LogP contribution in [0.5, 0.6) is 0 Å². The molecule has 21 heavy (non-hydrogen) atoms. The highest BCUT2D eigenvalue weighted by atomic mass is 16.5. The number of nitrogen functional groups attached to an aromatic ring is 1. The Hall–Kier alpha value is -1.75. The fourth-order valence-electron chi connectivity index (χ4n) is 3.63. The lowest BCUT2D eigenvalue weighted by molar-refractivity contribution is 0.0602. The first-order valence-electron chi connectivity index (χ1n) is 7.59. The van der Waals surface area contributed by atoms with Gasteiger partial charge in [-0.15, -0.1) is 0 Å². The molecule has 0 spiro atoms. The molecule has 3 rings (SSSR count). The molecule has 2 saturated heterocycles. The quantitative estimate of drug-likeness (QED) is 0.658. The summed E-state index contributed by atoms with van der Waals surface area (Å²) in [4.78, 5) is 14.4. The average Bonchev–Trinajstić information content (AvgIpc) is 3.07. The van der Waals surface area contributed by atoms with Crippen LogP contribution in [-0.4, -0.2) is 43.2 Å². The van der Waals surface area contributed by atoms with Crippen LogP contribution in [-0.2, 0) is 4.74 Å². The van der Waals surface area contributed by atoms with E-state index in [4.69, 9.17) is 10.5 Å². The van der Waals surface area contributed by atoms with Gasteiger partial charge in [0.2, 0.25) is 0 Å². The maximum Gasteiger partial charge on any atom is 0.340 e. The lowest BCUT2D eigenvalue weighted by Crippen LogP contribution is -2.33. The van der Waals surface area contributed by atoms with Crippen molar-refractivity contribution < 1.29 is 9.53 Å². The van der Waals surface area contributed by atoms with Crippen LogP contribution in [0.15, 0.2) is 12.1 Å². The average molecular weight is 289 g/mol. The monoisotopic (exact) mass is 289 g/mol. The van der Waals surface area contributed by atoms with E-state index in [-0.39, 0.29) is 5.97 Å². The van der Waals surface area contributed by atoms with Crippen molar-refractivity contribution in [3.05, 3.63) is 23.3 Å². The molecule has 3 N–H and O–H groups in total. The number of hydrogen-bond acceptors (Lipinski definition) is 5. The van der Waals surface area contributed by atoms with E-state index >= 15 is 0 Å². The fourth-order valence-corrected chi connectivity index (χ4v) is 3.63. The number of aryl methyl sites for hydroxylation is 1. The number of benzene rings is 1. The van der Waals surface area contributed by atoms with Crippen molar-refractivity contribution in [3.8, 4) is 0 Å². The number of carbonyl (C=O) groups is 1. The predicted molar refractivity (Wildman–Crippen MR) is 83.6 cm³/mol. The van der Waals surface area contributed by atoms with Crippen molar-refractivity contribution in [2.75, 3.05) is 31.2 Å². The first-order valence-corrected chi connectivity index (χ1v) is 7.59. The molecule has 1 aromatic rings. The van der Waals surface area contributed by atoms with E-state index in [0.29, 0.717) is 23.3 Å². The molecule has 0 bridgehead atoms. The Labute approximate surface area is 125 Å². The molecule has 0 aromatic heterocycles. The Kier molecular flexibility index (Phi) is 3.76. The molecule has 2 unspecified atom stereocenters. The van der Waals surface area contributed by atoms with Gasteiger partial charge in [-0.05, 0) is 50.4 Å². The van der Waals surface area contributed by atoms with Crippen molar-refractivity contribution in [1.82, 2.24) is 4.90 Å². The number of fused-ring (bicyclic) bond motifs is 1. The van der Waals surface area contributed by atoms with Gasteiger partial charge in [-0.3, -0.25) is 4.90 Å². The highest BCUT2D eigenvalue weighted by molar-refractivity contribution is 5.97. The zero-order valence-electron chi connectivity index (χ0n) is 12.7. The van der Waals surface area contributed by atoms with E-state index in [2.05, 4.69) is 10.2 Å². The van der Waals surface area contributed by atoms with Gasteiger partial charge in [0.25, 0.3) is 0 Å². The second-order valence-electron chi connectivity index (χ2n) is 6.03. The van der Waals surface area contributed by atoms with Crippen molar-refractivity contribution in [3.63, 3.8) is 0 Å². The molecule has 0 radical (unpaired) electrons. The second kappa shape index (κ2) is 5.56. The number of anilines is 2. The van der Waals surface area contributed by atoms with Crippen LogP contribution in [0, 0.1) is 6.92 Å². The third-order valence-corrected chi connectivity index (χ3v) is 4.75. The first-order chi connectivity index (χ1) is 10.1. The lowest BCUT2D eigenvalue weighted by atomic mass is 10.0. The van der Waals surface area contributed by atoms with Crippen molar-refractivity contribution in [1.29, 1.82) is 0 Å². The number of carbonyl (C=O) groups excluding carboxylic acids is 1. The number of nitrogens with one attached hydrogen (secondary N) is 1. The number of hydrogen-bond donors (Lipinski definition) is 2. The van der Waals surface area contributed by atoms with Crippen molar-refractivity contribution in [2.45, 2.75) is 38.3 Å². The molecule has 2 heterocycles. The highest BCUT2D eigenvalue weighted by Crippen LogP contribution is 2.31. The maximum absolute atomic E-state index is 11.8. The normalized spacial score (nSPS) is 24.9. The van der Waals surface area contributed by atoms with Gasteiger partial charge < -0.3 is 15.8 Å². The predicted octanol–water partition coefficient (Wildman–Crippen LogP) is 2.01. The van der Waals surface area contributed by atoms with Gasteiger partial charge in [0, 0.05) is 30.0 Å². The molecule has 2 aliphatic heterocycles. The number of methoxy groups -OCH3 is 1. The zero-order valence-corrected chi connectivity index (χ0v) is 12.7. The summed E-state index contributed by atoms with van der Waals surface area (Å²) in [7, 11) is 1.38. The SMILES string of the molecule is COC(=O)c1cc(NC2CCN3CCCC23)cc(C)c1N. The number of nitrogens with zero attached hydrogens (tertiary/aromatic N) is 1. The second-order valence-corrected chi connectivity index (χ2v) is 6.03. The van der Waals surface area contributed by atoms with Crippen LogP contribution in [0.3, 0.4) is 0 Å². The minimum absolute atomic E-state index is 0.381. The summed E-state index contributed by atoms with van der Waals surface area (Å²) in [5.41, 5.74) is 8.80. The minimum atomic E-state index is -0.381. The number of rotatable bonds is 3.